The highest BCUT2D eigenvalue weighted by molar-refractivity contribution is 6.28. The summed E-state index contributed by atoms with van der Waals surface area (Å²) in [4.78, 5) is 37.8. The standard InChI is InChI=1S/C21H20N2O3/c1-4-17(24)23-19-18(22-16-11-7-8-12(2)13(16)3)20(25)14-9-5-6-10-15(14)21(19)26/h5-11,22H,4H2,1-3H3,(H,23,24). The minimum absolute atomic E-state index is 0.00135. The number of carbonyl (C=O) groups is 3. The molecule has 0 bridgehead atoms. The minimum Gasteiger partial charge on any atom is -0.350 e. The van der Waals surface area contributed by atoms with E-state index < -0.39 is 0 Å². The van der Waals surface area contributed by atoms with Crippen molar-refractivity contribution in [2.75, 3.05) is 5.32 Å². The van der Waals surface area contributed by atoms with Gasteiger partial charge in [-0.15, -0.1) is 0 Å². The van der Waals surface area contributed by atoms with Gasteiger partial charge in [0.05, 0.1) is 0 Å². The number of aryl methyl sites for hydroxylation is 1. The molecule has 0 atom stereocenters. The Kier molecular flexibility index (Phi) is 4.71. The quantitative estimate of drug-likeness (QED) is 0.886. The lowest BCUT2D eigenvalue weighted by molar-refractivity contribution is -0.120. The number of ketones is 2. The number of anilines is 1. The molecule has 1 amide bonds. The van der Waals surface area contributed by atoms with Crippen LogP contribution in [0.15, 0.2) is 53.9 Å². The normalized spacial score (nSPS) is 13.5. The number of allylic oxidation sites excluding steroid dienone is 2. The van der Waals surface area contributed by atoms with Gasteiger partial charge in [0, 0.05) is 23.2 Å². The molecule has 0 heterocycles. The van der Waals surface area contributed by atoms with Gasteiger partial charge in [0.15, 0.2) is 0 Å². The van der Waals surface area contributed by atoms with Crippen molar-refractivity contribution in [3.8, 4) is 0 Å². The number of Topliss-reactive ketones (excluding diaryl/α,β-unsaturated/α-hetero) is 2. The lowest BCUT2D eigenvalue weighted by Crippen LogP contribution is -2.36. The Balaban J connectivity index is 2.13. The van der Waals surface area contributed by atoms with E-state index >= 15 is 0 Å². The summed E-state index contributed by atoms with van der Waals surface area (Å²) in [5.41, 5.74) is 3.50. The fourth-order valence-electron chi connectivity index (χ4n) is 2.86. The first kappa shape index (κ1) is 17.6. The van der Waals surface area contributed by atoms with Crippen molar-refractivity contribution < 1.29 is 14.4 Å². The summed E-state index contributed by atoms with van der Waals surface area (Å²) in [6, 6.07) is 12.3. The topological polar surface area (TPSA) is 75.3 Å². The summed E-state index contributed by atoms with van der Waals surface area (Å²) in [6.07, 6.45) is 0.212. The first-order valence-electron chi connectivity index (χ1n) is 8.49. The number of hydrogen-bond donors (Lipinski definition) is 2. The van der Waals surface area contributed by atoms with E-state index in [1.807, 2.05) is 32.0 Å². The summed E-state index contributed by atoms with van der Waals surface area (Å²) < 4.78 is 0. The Labute approximate surface area is 152 Å². The molecule has 0 radical (unpaired) electrons. The molecule has 0 aromatic heterocycles. The van der Waals surface area contributed by atoms with E-state index in [2.05, 4.69) is 10.6 Å². The molecule has 0 saturated carbocycles. The van der Waals surface area contributed by atoms with Crippen LogP contribution in [0, 0.1) is 13.8 Å². The third-order valence-corrected chi connectivity index (χ3v) is 4.57. The van der Waals surface area contributed by atoms with Crippen molar-refractivity contribution in [2.45, 2.75) is 27.2 Å². The molecular formula is C21H20N2O3. The number of hydrogen-bond acceptors (Lipinski definition) is 4. The van der Waals surface area contributed by atoms with Crippen molar-refractivity contribution in [3.05, 3.63) is 76.1 Å². The second kappa shape index (κ2) is 6.96. The van der Waals surface area contributed by atoms with E-state index in [4.69, 9.17) is 0 Å². The van der Waals surface area contributed by atoms with Crippen LogP contribution in [0.4, 0.5) is 5.69 Å². The highest BCUT2D eigenvalue weighted by atomic mass is 16.2. The van der Waals surface area contributed by atoms with E-state index in [9.17, 15) is 14.4 Å². The van der Waals surface area contributed by atoms with E-state index in [1.54, 1.807) is 31.2 Å². The zero-order chi connectivity index (χ0) is 18.8. The summed E-state index contributed by atoms with van der Waals surface area (Å²) in [5, 5.41) is 5.69. The molecule has 26 heavy (non-hydrogen) atoms. The predicted octanol–water partition coefficient (Wildman–Crippen LogP) is 3.53. The van der Waals surface area contributed by atoms with E-state index in [1.165, 1.54) is 0 Å². The highest BCUT2D eigenvalue weighted by Gasteiger charge is 2.33. The largest absolute Gasteiger partial charge is 0.350 e. The van der Waals surface area contributed by atoms with Crippen molar-refractivity contribution in [3.63, 3.8) is 0 Å². The zero-order valence-electron chi connectivity index (χ0n) is 15.0. The van der Waals surface area contributed by atoms with Crippen LogP contribution in [0.25, 0.3) is 0 Å². The molecule has 2 aromatic rings. The molecule has 5 heteroatoms. The van der Waals surface area contributed by atoms with Gasteiger partial charge >= 0.3 is 0 Å². The number of nitrogens with one attached hydrogen (secondary N) is 2. The van der Waals surface area contributed by atoms with Gasteiger partial charge < -0.3 is 10.6 Å². The van der Waals surface area contributed by atoms with Gasteiger partial charge in [-0.05, 0) is 31.0 Å². The maximum Gasteiger partial charge on any atom is 0.224 e. The van der Waals surface area contributed by atoms with Crippen LogP contribution in [0.5, 0.6) is 0 Å². The fourth-order valence-corrected chi connectivity index (χ4v) is 2.86. The van der Waals surface area contributed by atoms with Crippen LogP contribution in [0.2, 0.25) is 0 Å². The highest BCUT2D eigenvalue weighted by Crippen LogP contribution is 2.28. The zero-order valence-corrected chi connectivity index (χ0v) is 15.0. The van der Waals surface area contributed by atoms with Crippen LogP contribution in [-0.2, 0) is 4.79 Å². The summed E-state index contributed by atoms with van der Waals surface area (Å²) in [7, 11) is 0. The summed E-state index contributed by atoms with van der Waals surface area (Å²) in [6.45, 7) is 5.60. The van der Waals surface area contributed by atoms with Crippen LogP contribution in [0.1, 0.15) is 45.2 Å². The molecule has 0 fully saturated rings. The molecule has 3 rings (SSSR count). The first-order valence-corrected chi connectivity index (χ1v) is 8.49. The van der Waals surface area contributed by atoms with Crippen molar-refractivity contribution >= 4 is 23.2 Å². The molecule has 0 aliphatic heterocycles. The molecule has 0 unspecified atom stereocenters. The number of carbonyl (C=O) groups excluding carboxylic acids is 3. The van der Waals surface area contributed by atoms with Crippen molar-refractivity contribution in [1.82, 2.24) is 5.32 Å². The first-order chi connectivity index (χ1) is 12.4. The number of fused-ring (bicyclic) bond motifs is 1. The number of benzene rings is 2. The van der Waals surface area contributed by atoms with Gasteiger partial charge in [-0.1, -0.05) is 43.3 Å². The number of rotatable bonds is 4. The van der Waals surface area contributed by atoms with Crippen LogP contribution < -0.4 is 10.6 Å². The third kappa shape index (κ3) is 3.04. The molecule has 1 aliphatic rings. The minimum atomic E-state index is -0.366. The fraction of sp³-hybridized carbons (Fsp3) is 0.190. The smallest absolute Gasteiger partial charge is 0.224 e. The van der Waals surface area contributed by atoms with E-state index in [0.29, 0.717) is 11.1 Å². The number of amides is 1. The summed E-state index contributed by atoms with van der Waals surface area (Å²) in [5.74, 6) is -0.997. The maximum absolute atomic E-state index is 13.0. The average Bonchev–Trinajstić information content (AvgIpc) is 2.65. The molecule has 1 aliphatic carbocycles. The van der Waals surface area contributed by atoms with Gasteiger partial charge in [0.1, 0.15) is 11.4 Å². The predicted molar refractivity (Wildman–Crippen MR) is 100 cm³/mol. The van der Waals surface area contributed by atoms with Gasteiger partial charge in [-0.25, -0.2) is 0 Å². The average molecular weight is 348 g/mol. The van der Waals surface area contributed by atoms with Crippen LogP contribution >= 0.6 is 0 Å². The molecule has 132 valence electrons. The van der Waals surface area contributed by atoms with E-state index in [0.717, 1.165) is 16.8 Å². The second-order valence-electron chi connectivity index (χ2n) is 6.23. The van der Waals surface area contributed by atoms with Gasteiger partial charge in [-0.3, -0.25) is 14.4 Å². The Hall–Kier alpha value is -3.21. The second-order valence-corrected chi connectivity index (χ2v) is 6.23. The monoisotopic (exact) mass is 348 g/mol. The Morgan fingerprint density at radius 2 is 1.50 bits per heavy atom. The molecule has 0 saturated heterocycles. The lowest BCUT2D eigenvalue weighted by atomic mass is 9.90. The Morgan fingerprint density at radius 3 is 2.12 bits per heavy atom. The van der Waals surface area contributed by atoms with Gasteiger partial charge in [0.25, 0.3) is 0 Å². The molecule has 0 spiro atoms. The molecule has 2 N–H and O–H groups in total. The molecule has 5 nitrogen and oxygen atoms in total. The van der Waals surface area contributed by atoms with Gasteiger partial charge in [0.2, 0.25) is 17.5 Å². The van der Waals surface area contributed by atoms with Crippen molar-refractivity contribution in [2.24, 2.45) is 0 Å². The van der Waals surface area contributed by atoms with Crippen molar-refractivity contribution in [1.29, 1.82) is 0 Å². The van der Waals surface area contributed by atoms with Crippen LogP contribution in [-0.4, -0.2) is 17.5 Å². The summed E-state index contributed by atoms with van der Waals surface area (Å²) >= 11 is 0. The molecule has 2 aromatic carbocycles. The third-order valence-electron chi connectivity index (χ3n) is 4.57. The van der Waals surface area contributed by atoms with Crippen LogP contribution in [0.3, 0.4) is 0 Å². The Morgan fingerprint density at radius 1 is 0.885 bits per heavy atom. The lowest BCUT2D eigenvalue weighted by Gasteiger charge is -2.23. The van der Waals surface area contributed by atoms with Gasteiger partial charge in [-0.2, -0.15) is 0 Å². The maximum atomic E-state index is 13.0. The van der Waals surface area contributed by atoms with E-state index in [-0.39, 0.29) is 35.3 Å². The Bertz CT molecular complexity index is 957. The SMILES string of the molecule is CCC(=O)NC1=C(Nc2cccc(C)c2C)C(=O)c2ccccc2C1=O. The molecular weight excluding hydrogens is 328 g/mol.